The average molecular weight is 435 g/mol. The van der Waals surface area contributed by atoms with Crippen molar-refractivity contribution in [2.45, 2.75) is 6.61 Å². The van der Waals surface area contributed by atoms with Gasteiger partial charge in [-0.1, -0.05) is 24.3 Å². The number of carbonyl (C=O) groups excluding carboxylic acids is 2. The second-order valence-electron chi connectivity index (χ2n) is 6.88. The molecule has 4 aromatic rings. The van der Waals surface area contributed by atoms with Gasteiger partial charge in [-0.2, -0.15) is 0 Å². The van der Waals surface area contributed by atoms with Crippen molar-refractivity contribution in [3.8, 4) is 5.75 Å². The first kappa shape index (κ1) is 20.9. The lowest BCUT2D eigenvalue weighted by Crippen LogP contribution is -2.21. The summed E-state index contributed by atoms with van der Waals surface area (Å²) in [7, 11) is 0. The summed E-state index contributed by atoms with van der Waals surface area (Å²) in [5.74, 6) is -1.33. The number of aromatic amines is 2. The van der Waals surface area contributed by atoms with Gasteiger partial charge >= 0.3 is 11.7 Å². The molecule has 4 rings (SSSR count). The highest BCUT2D eigenvalue weighted by Crippen LogP contribution is 2.21. The number of halogens is 1. The van der Waals surface area contributed by atoms with E-state index in [-0.39, 0.29) is 29.4 Å². The first-order valence-electron chi connectivity index (χ1n) is 9.63. The number of anilines is 1. The molecular weight excluding hydrogens is 417 g/mol. The number of aromatic nitrogens is 2. The van der Waals surface area contributed by atoms with Gasteiger partial charge in [0.25, 0.3) is 5.91 Å². The van der Waals surface area contributed by atoms with Gasteiger partial charge in [-0.05, 0) is 48.0 Å². The summed E-state index contributed by atoms with van der Waals surface area (Å²) in [5, 5.41) is 2.60. The van der Waals surface area contributed by atoms with Gasteiger partial charge in [-0.25, -0.2) is 14.0 Å². The number of hydrogen-bond donors (Lipinski definition) is 3. The number of para-hydroxylation sites is 1. The third kappa shape index (κ3) is 5.01. The molecule has 0 aliphatic rings. The normalized spacial score (nSPS) is 10.7. The number of esters is 1. The van der Waals surface area contributed by atoms with E-state index in [0.29, 0.717) is 16.7 Å². The number of carbonyl (C=O) groups is 2. The second-order valence-corrected chi connectivity index (χ2v) is 6.88. The van der Waals surface area contributed by atoms with Crippen molar-refractivity contribution >= 4 is 28.6 Å². The maximum Gasteiger partial charge on any atom is 0.342 e. The van der Waals surface area contributed by atoms with Crippen molar-refractivity contribution in [1.82, 2.24) is 9.97 Å². The lowest BCUT2D eigenvalue weighted by Gasteiger charge is -2.11. The predicted molar refractivity (Wildman–Crippen MR) is 115 cm³/mol. The van der Waals surface area contributed by atoms with Crippen LogP contribution in [0.25, 0.3) is 11.0 Å². The minimum absolute atomic E-state index is 0.134. The van der Waals surface area contributed by atoms with E-state index in [1.807, 2.05) is 0 Å². The first-order valence-corrected chi connectivity index (χ1v) is 9.63. The van der Waals surface area contributed by atoms with E-state index < -0.39 is 18.5 Å². The average Bonchev–Trinajstić information content (AvgIpc) is 3.16. The Hall–Kier alpha value is -4.40. The minimum atomic E-state index is -0.722. The summed E-state index contributed by atoms with van der Waals surface area (Å²) in [4.78, 5) is 41.2. The van der Waals surface area contributed by atoms with Crippen LogP contribution in [0.3, 0.4) is 0 Å². The Bertz CT molecular complexity index is 1330. The highest BCUT2D eigenvalue weighted by atomic mass is 19.1. The van der Waals surface area contributed by atoms with E-state index in [4.69, 9.17) is 9.47 Å². The summed E-state index contributed by atoms with van der Waals surface area (Å²) < 4.78 is 23.8. The molecule has 32 heavy (non-hydrogen) atoms. The van der Waals surface area contributed by atoms with Crippen molar-refractivity contribution in [1.29, 1.82) is 0 Å². The molecule has 162 valence electrons. The van der Waals surface area contributed by atoms with Crippen LogP contribution in [0.4, 0.5) is 10.1 Å². The van der Waals surface area contributed by atoms with Gasteiger partial charge in [0.15, 0.2) is 6.61 Å². The van der Waals surface area contributed by atoms with Crippen LogP contribution in [0, 0.1) is 5.82 Å². The molecule has 8 nitrogen and oxygen atoms in total. The number of amides is 1. The standard InChI is InChI=1S/C23H18FN3O5/c24-15-7-5-14(6-8-15)12-31-20-4-2-1-3-17(20)22(29)32-13-21(28)25-16-9-10-18-19(11-16)27-23(30)26-18/h1-11H,12-13H2,(H,25,28)(H2,26,27,30). The lowest BCUT2D eigenvalue weighted by molar-refractivity contribution is -0.119. The van der Waals surface area contributed by atoms with Gasteiger partial charge in [0.1, 0.15) is 23.7 Å². The molecule has 0 bridgehead atoms. The largest absolute Gasteiger partial charge is 0.488 e. The van der Waals surface area contributed by atoms with Crippen LogP contribution >= 0.6 is 0 Å². The number of H-pyrrole nitrogens is 2. The molecule has 1 aromatic heterocycles. The Labute approximate surface area is 181 Å². The van der Waals surface area contributed by atoms with Gasteiger partial charge in [0.2, 0.25) is 0 Å². The van der Waals surface area contributed by atoms with Crippen molar-refractivity contribution in [3.05, 3.63) is 94.2 Å². The van der Waals surface area contributed by atoms with Gasteiger partial charge in [-0.3, -0.25) is 4.79 Å². The fourth-order valence-electron chi connectivity index (χ4n) is 3.02. The number of ether oxygens (including phenoxy) is 2. The molecule has 0 radical (unpaired) electrons. The van der Waals surface area contributed by atoms with Crippen LogP contribution in [0.15, 0.2) is 71.5 Å². The number of rotatable bonds is 7. The van der Waals surface area contributed by atoms with E-state index in [1.54, 1.807) is 48.5 Å². The molecular formula is C23H18FN3O5. The molecule has 0 atom stereocenters. The Morgan fingerprint density at radius 2 is 1.69 bits per heavy atom. The quantitative estimate of drug-likeness (QED) is 0.385. The topological polar surface area (TPSA) is 113 Å². The summed E-state index contributed by atoms with van der Waals surface area (Å²) in [6, 6.07) is 17.1. The van der Waals surface area contributed by atoms with Crippen LogP contribution < -0.4 is 15.7 Å². The van der Waals surface area contributed by atoms with Crippen molar-refractivity contribution < 1.29 is 23.5 Å². The Balaban J connectivity index is 1.35. The molecule has 0 aliphatic heterocycles. The maximum absolute atomic E-state index is 13.0. The van der Waals surface area contributed by atoms with Crippen LogP contribution in [0.1, 0.15) is 15.9 Å². The van der Waals surface area contributed by atoms with Crippen LogP contribution in [-0.4, -0.2) is 28.5 Å². The lowest BCUT2D eigenvalue weighted by atomic mass is 10.2. The van der Waals surface area contributed by atoms with Crippen LogP contribution in [0.2, 0.25) is 0 Å². The minimum Gasteiger partial charge on any atom is -0.488 e. The summed E-state index contributed by atoms with van der Waals surface area (Å²) in [6.07, 6.45) is 0. The smallest absolute Gasteiger partial charge is 0.342 e. The maximum atomic E-state index is 13.0. The Morgan fingerprint density at radius 3 is 2.50 bits per heavy atom. The third-order valence-electron chi connectivity index (χ3n) is 4.55. The summed E-state index contributed by atoms with van der Waals surface area (Å²) in [6.45, 7) is -0.373. The van der Waals surface area contributed by atoms with E-state index in [1.165, 1.54) is 18.2 Å². The number of benzene rings is 3. The number of imidazole rings is 1. The highest BCUT2D eigenvalue weighted by molar-refractivity contribution is 5.97. The van der Waals surface area contributed by atoms with Crippen molar-refractivity contribution in [2.75, 3.05) is 11.9 Å². The zero-order valence-electron chi connectivity index (χ0n) is 16.7. The van der Waals surface area contributed by atoms with Crippen molar-refractivity contribution in [3.63, 3.8) is 0 Å². The zero-order valence-corrected chi connectivity index (χ0v) is 16.7. The SMILES string of the molecule is O=C(COC(=O)c1ccccc1OCc1ccc(F)cc1)Nc1ccc2[nH]c(=O)[nH]c2c1. The number of nitrogens with one attached hydrogen (secondary N) is 3. The monoisotopic (exact) mass is 435 g/mol. The number of fused-ring (bicyclic) bond motifs is 1. The molecule has 9 heteroatoms. The van der Waals surface area contributed by atoms with Gasteiger partial charge in [0.05, 0.1) is 11.0 Å². The van der Waals surface area contributed by atoms with E-state index >= 15 is 0 Å². The second kappa shape index (κ2) is 9.17. The molecule has 0 saturated heterocycles. The molecule has 0 spiro atoms. The molecule has 1 amide bonds. The molecule has 0 saturated carbocycles. The van der Waals surface area contributed by atoms with Crippen LogP contribution in [0.5, 0.6) is 5.75 Å². The van der Waals surface area contributed by atoms with Crippen molar-refractivity contribution in [2.24, 2.45) is 0 Å². The molecule has 0 aliphatic carbocycles. The molecule has 1 heterocycles. The van der Waals surface area contributed by atoms with Gasteiger partial charge in [0, 0.05) is 5.69 Å². The summed E-state index contributed by atoms with van der Waals surface area (Å²) >= 11 is 0. The Kier molecular flexibility index (Phi) is 5.98. The highest BCUT2D eigenvalue weighted by Gasteiger charge is 2.16. The van der Waals surface area contributed by atoms with E-state index in [0.717, 1.165) is 5.56 Å². The fourth-order valence-corrected chi connectivity index (χ4v) is 3.02. The molecule has 3 aromatic carbocycles. The fraction of sp³-hybridized carbons (Fsp3) is 0.0870. The first-order chi connectivity index (χ1) is 15.5. The summed E-state index contributed by atoms with van der Waals surface area (Å²) in [5.41, 5.74) is 2.13. The van der Waals surface area contributed by atoms with Crippen LogP contribution in [-0.2, 0) is 16.1 Å². The van der Waals surface area contributed by atoms with Gasteiger partial charge in [-0.15, -0.1) is 0 Å². The predicted octanol–water partition coefficient (Wildman–Crippen LogP) is 3.37. The zero-order chi connectivity index (χ0) is 22.5. The Morgan fingerprint density at radius 1 is 0.938 bits per heavy atom. The van der Waals surface area contributed by atoms with E-state index in [9.17, 15) is 18.8 Å². The molecule has 0 fully saturated rings. The van der Waals surface area contributed by atoms with Gasteiger partial charge < -0.3 is 24.8 Å². The molecule has 0 unspecified atom stereocenters. The third-order valence-corrected chi connectivity index (χ3v) is 4.55. The number of hydrogen-bond acceptors (Lipinski definition) is 5. The molecule has 3 N–H and O–H groups in total. The van der Waals surface area contributed by atoms with E-state index in [2.05, 4.69) is 15.3 Å².